The fourth-order valence-corrected chi connectivity index (χ4v) is 4.36. The Hall–Kier alpha value is -3.77. The van der Waals surface area contributed by atoms with E-state index in [0.29, 0.717) is 24.2 Å². The molecule has 2 aromatic carbocycles. The fourth-order valence-electron chi connectivity index (χ4n) is 4.36. The second-order valence-corrected chi connectivity index (χ2v) is 8.23. The van der Waals surface area contributed by atoms with Crippen LogP contribution in [0.15, 0.2) is 89.9 Å². The Morgan fingerprint density at radius 2 is 1.70 bits per heavy atom. The molecule has 4 aromatic rings. The number of fused-ring (bicyclic) bond motifs is 1. The standard InChI is InChI=1S/C27H27N5O/c33-25-14-13-22-20-29-27(30-26(22)31(25)19-7-10-21-8-3-1-4-9-21)32(23-11-5-2-6-12-23)24-15-17-28-18-16-24/h1-14,20,24,28H,15-19H2. The summed E-state index contributed by atoms with van der Waals surface area (Å²) < 4.78 is 1.71. The van der Waals surface area contributed by atoms with E-state index in [9.17, 15) is 4.79 Å². The van der Waals surface area contributed by atoms with Gasteiger partial charge in [-0.2, -0.15) is 4.98 Å². The number of pyridine rings is 1. The summed E-state index contributed by atoms with van der Waals surface area (Å²) in [6, 6.07) is 24.0. The molecule has 0 atom stereocenters. The minimum atomic E-state index is -0.0713. The molecule has 1 saturated heterocycles. The van der Waals surface area contributed by atoms with Gasteiger partial charge >= 0.3 is 0 Å². The zero-order chi connectivity index (χ0) is 22.5. The summed E-state index contributed by atoms with van der Waals surface area (Å²) >= 11 is 0. The normalized spacial score (nSPS) is 14.7. The molecule has 0 spiro atoms. The number of anilines is 2. The van der Waals surface area contributed by atoms with Crippen LogP contribution in [0.3, 0.4) is 0 Å². The van der Waals surface area contributed by atoms with Gasteiger partial charge in [0, 0.05) is 35.9 Å². The zero-order valence-corrected chi connectivity index (χ0v) is 18.5. The van der Waals surface area contributed by atoms with Crippen LogP contribution in [0.5, 0.6) is 0 Å². The second-order valence-electron chi connectivity index (χ2n) is 8.23. The first-order chi connectivity index (χ1) is 16.3. The second kappa shape index (κ2) is 9.79. The minimum Gasteiger partial charge on any atom is -0.317 e. The molecule has 3 heterocycles. The predicted octanol–water partition coefficient (Wildman–Crippen LogP) is 4.40. The van der Waals surface area contributed by atoms with Gasteiger partial charge in [-0.15, -0.1) is 0 Å². The highest BCUT2D eigenvalue weighted by Crippen LogP contribution is 2.29. The molecule has 1 N–H and O–H groups in total. The van der Waals surface area contributed by atoms with Crippen LogP contribution in [0.4, 0.5) is 11.6 Å². The summed E-state index contributed by atoms with van der Waals surface area (Å²) in [6.45, 7) is 2.38. The molecule has 1 aliphatic heterocycles. The average Bonchev–Trinajstić information content (AvgIpc) is 2.87. The first-order valence-corrected chi connectivity index (χ1v) is 11.4. The lowest BCUT2D eigenvalue weighted by Crippen LogP contribution is -2.41. The van der Waals surface area contributed by atoms with Crippen molar-refractivity contribution in [2.75, 3.05) is 18.0 Å². The van der Waals surface area contributed by atoms with Crippen LogP contribution in [0.2, 0.25) is 0 Å². The van der Waals surface area contributed by atoms with Gasteiger partial charge in [-0.05, 0) is 49.7 Å². The molecule has 166 valence electrons. The van der Waals surface area contributed by atoms with E-state index in [1.165, 1.54) is 0 Å². The Morgan fingerprint density at radius 3 is 2.45 bits per heavy atom. The van der Waals surface area contributed by atoms with Gasteiger partial charge in [0.05, 0.1) is 0 Å². The Kier molecular flexibility index (Phi) is 6.26. The van der Waals surface area contributed by atoms with Gasteiger partial charge in [0.1, 0.15) is 5.65 Å². The van der Waals surface area contributed by atoms with Crippen LogP contribution >= 0.6 is 0 Å². The van der Waals surface area contributed by atoms with Gasteiger partial charge in [0.2, 0.25) is 5.95 Å². The van der Waals surface area contributed by atoms with Gasteiger partial charge in [0.25, 0.3) is 5.56 Å². The maximum Gasteiger partial charge on any atom is 0.252 e. The first-order valence-electron chi connectivity index (χ1n) is 11.4. The molecule has 6 nitrogen and oxygen atoms in total. The molecule has 0 saturated carbocycles. The lowest BCUT2D eigenvalue weighted by atomic mass is 10.0. The molecule has 0 radical (unpaired) electrons. The van der Waals surface area contributed by atoms with Gasteiger partial charge in [-0.1, -0.05) is 60.7 Å². The lowest BCUT2D eigenvalue weighted by molar-refractivity contribution is 0.449. The van der Waals surface area contributed by atoms with Crippen molar-refractivity contribution in [3.05, 3.63) is 101 Å². The number of aromatic nitrogens is 3. The molecule has 0 amide bonds. The number of nitrogens with one attached hydrogen (secondary N) is 1. The van der Waals surface area contributed by atoms with Crippen LogP contribution in [-0.4, -0.2) is 33.7 Å². The van der Waals surface area contributed by atoms with Crippen molar-refractivity contribution in [2.24, 2.45) is 0 Å². The molecule has 33 heavy (non-hydrogen) atoms. The van der Waals surface area contributed by atoms with Gasteiger partial charge in [0.15, 0.2) is 0 Å². The minimum absolute atomic E-state index is 0.0713. The Morgan fingerprint density at radius 1 is 0.970 bits per heavy atom. The van der Waals surface area contributed by atoms with Crippen LogP contribution in [-0.2, 0) is 6.54 Å². The highest BCUT2D eigenvalue weighted by Gasteiger charge is 2.25. The summed E-state index contributed by atoms with van der Waals surface area (Å²) in [4.78, 5) is 24.7. The number of benzene rings is 2. The van der Waals surface area contributed by atoms with Gasteiger partial charge in [-0.3, -0.25) is 9.36 Å². The van der Waals surface area contributed by atoms with E-state index < -0.39 is 0 Å². The van der Waals surface area contributed by atoms with E-state index >= 15 is 0 Å². The molecule has 1 aliphatic rings. The van der Waals surface area contributed by atoms with E-state index in [1.807, 2.05) is 66.9 Å². The largest absolute Gasteiger partial charge is 0.317 e. The molecular formula is C27H27N5O. The fraction of sp³-hybridized carbons (Fsp3) is 0.222. The maximum atomic E-state index is 12.8. The van der Waals surface area contributed by atoms with E-state index in [1.54, 1.807) is 16.7 Å². The SMILES string of the molecule is O=c1ccc2cnc(N(c3ccccc3)C3CCNCC3)nc2n1CC=Cc1ccccc1. The van der Waals surface area contributed by atoms with Crippen LogP contribution < -0.4 is 15.8 Å². The van der Waals surface area contributed by atoms with E-state index in [-0.39, 0.29) is 5.56 Å². The van der Waals surface area contributed by atoms with E-state index in [2.05, 4.69) is 22.3 Å². The summed E-state index contributed by atoms with van der Waals surface area (Å²) in [6.07, 6.45) is 7.87. The quantitative estimate of drug-likeness (QED) is 0.485. The highest BCUT2D eigenvalue weighted by atomic mass is 16.1. The molecule has 5 rings (SSSR count). The first kappa shape index (κ1) is 21.1. The number of hydrogen-bond donors (Lipinski definition) is 1. The van der Waals surface area contributed by atoms with Crippen LogP contribution in [0, 0.1) is 0 Å². The summed E-state index contributed by atoms with van der Waals surface area (Å²) in [5.41, 5.74) is 2.75. The smallest absolute Gasteiger partial charge is 0.252 e. The number of para-hydroxylation sites is 1. The van der Waals surface area contributed by atoms with E-state index in [4.69, 9.17) is 9.97 Å². The third-order valence-corrected chi connectivity index (χ3v) is 6.03. The van der Waals surface area contributed by atoms with Crippen molar-refractivity contribution in [3.63, 3.8) is 0 Å². The molecule has 6 heteroatoms. The van der Waals surface area contributed by atoms with Gasteiger partial charge < -0.3 is 10.2 Å². The maximum absolute atomic E-state index is 12.8. The summed E-state index contributed by atoms with van der Waals surface area (Å²) in [5, 5.41) is 4.29. The van der Waals surface area contributed by atoms with E-state index in [0.717, 1.165) is 42.6 Å². The third kappa shape index (κ3) is 4.71. The molecule has 0 bridgehead atoms. The Balaban J connectivity index is 1.55. The molecular weight excluding hydrogens is 410 g/mol. The van der Waals surface area contributed by atoms with Crippen molar-refractivity contribution in [2.45, 2.75) is 25.4 Å². The highest BCUT2D eigenvalue weighted by molar-refractivity contribution is 5.76. The van der Waals surface area contributed by atoms with Gasteiger partial charge in [-0.25, -0.2) is 4.98 Å². The molecule has 0 aliphatic carbocycles. The number of piperidine rings is 1. The van der Waals surface area contributed by atoms with Crippen molar-refractivity contribution < 1.29 is 0 Å². The van der Waals surface area contributed by atoms with Crippen molar-refractivity contribution in [1.82, 2.24) is 19.9 Å². The molecule has 1 fully saturated rings. The summed E-state index contributed by atoms with van der Waals surface area (Å²) in [7, 11) is 0. The summed E-state index contributed by atoms with van der Waals surface area (Å²) in [5.74, 6) is 0.631. The third-order valence-electron chi connectivity index (χ3n) is 6.03. The number of allylic oxidation sites excluding steroid dienone is 1. The zero-order valence-electron chi connectivity index (χ0n) is 18.5. The Labute approximate surface area is 193 Å². The lowest BCUT2D eigenvalue weighted by Gasteiger charge is -2.34. The average molecular weight is 438 g/mol. The number of hydrogen-bond acceptors (Lipinski definition) is 5. The Bertz CT molecular complexity index is 1290. The number of rotatable bonds is 6. The van der Waals surface area contributed by atoms with Crippen molar-refractivity contribution >= 4 is 28.7 Å². The predicted molar refractivity (Wildman–Crippen MR) is 134 cm³/mol. The van der Waals surface area contributed by atoms with Crippen molar-refractivity contribution in [1.29, 1.82) is 0 Å². The van der Waals surface area contributed by atoms with Crippen LogP contribution in [0.1, 0.15) is 18.4 Å². The topological polar surface area (TPSA) is 63.1 Å². The molecule has 0 unspecified atom stereocenters. The van der Waals surface area contributed by atoms with Crippen molar-refractivity contribution in [3.8, 4) is 0 Å². The number of nitrogens with zero attached hydrogens (tertiary/aromatic N) is 4. The monoisotopic (exact) mass is 437 g/mol. The molecule has 2 aromatic heterocycles. The van der Waals surface area contributed by atoms with Crippen LogP contribution in [0.25, 0.3) is 17.1 Å².